The van der Waals surface area contributed by atoms with Crippen molar-refractivity contribution >= 4 is 27.8 Å². The van der Waals surface area contributed by atoms with Gasteiger partial charge in [-0.25, -0.2) is 0 Å². The fraction of sp³-hybridized carbons (Fsp3) is 0.125. The van der Waals surface area contributed by atoms with Crippen LogP contribution in [0.1, 0.15) is 11.1 Å². The lowest BCUT2D eigenvalue weighted by Gasteiger charge is -1.98. The molecule has 0 saturated heterocycles. The van der Waals surface area contributed by atoms with Crippen molar-refractivity contribution in [3.8, 4) is 5.75 Å². The standard InChI is InChI=1S/C16H14N2O2S/c1-11-3-8-15-14(9-11)16(19)18(21-15)17-10-12-4-6-13(20-2)7-5-12/h3-10H,1-2H3/b17-10+. The maximum absolute atomic E-state index is 12.2. The lowest BCUT2D eigenvalue weighted by atomic mass is 10.2. The molecule has 1 aromatic heterocycles. The average molecular weight is 298 g/mol. The van der Waals surface area contributed by atoms with Crippen LogP contribution in [0, 0.1) is 6.92 Å². The number of hydrogen-bond donors (Lipinski definition) is 0. The maximum Gasteiger partial charge on any atom is 0.289 e. The first-order valence-electron chi connectivity index (χ1n) is 6.48. The Kier molecular flexibility index (Phi) is 3.58. The van der Waals surface area contributed by atoms with Crippen molar-refractivity contribution in [2.45, 2.75) is 6.92 Å². The molecule has 0 aliphatic heterocycles. The van der Waals surface area contributed by atoms with E-state index in [1.165, 1.54) is 15.6 Å². The quantitative estimate of drug-likeness (QED) is 0.697. The number of aromatic nitrogens is 1. The molecule has 0 atom stereocenters. The third kappa shape index (κ3) is 2.73. The van der Waals surface area contributed by atoms with E-state index in [4.69, 9.17) is 4.74 Å². The van der Waals surface area contributed by atoms with Crippen molar-refractivity contribution in [2.75, 3.05) is 7.11 Å². The molecule has 0 amide bonds. The number of benzene rings is 2. The van der Waals surface area contributed by atoms with Gasteiger partial charge in [-0.15, -0.1) is 4.07 Å². The van der Waals surface area contributed by atoms with Gasteiger partial charge < -0.3 is 4.74 Å². The van der Waals surface area contributed by atoms with Gasteiger partial charge in [0, 0.05) is 0 Å². The van der Waals surface area contributed by atoms with E-state index in [1.54, 1.807) is 13.3 Å². The zero-order valence-electron chi connectivity index (χ0n) is 11.7. The molecule has 0 N–H and O–H groups in total. The number of ether oxygens (including phenoxy) is 1. The molecular weight excluding hydrogens is 284 g/mol. The molecule has 0 aliphatic rings. The van der Waals surface area contributed by atoms with E-state index in [0.29, 0.717) is 5.39 Å². The van der Waals surface area contributed by atoms with E-state index >= 15 is 0 Å². The number of aryl methyl sites for hydroxylation is 1. The predicted octanol–water partition coefficient (Wildman–Crippen LogP) is 3.26. The van der Waals surface area contributed by atoms with E-state index < -0.39 is 0 Å². The Labute approximate surface area is 126 Å². The van der Waals surface area contributed by atoms with Crippen molar-refractivity contribution in [3.63, 3.8) is 0 Å². The van der Waals surface area contributed by atoms with E-state index in [9.17, 15) is 4.79 Å². The summed E-state index contributed by atoms with van der Waals surface area (Å²) >= 11 is 1.34. The molecule has 0 spiro atoms. The number of rotatable bonds is 3. The van der Waals surface area contributed by atoms with Crippen LogP contribution >= 0.6 is 11.5 Å². The highest BCUT2D eigenvalue weighted by molar-refractivity contribution is 7.13. The SMILES string of the molecule is COc1ccc(/C=N/n2sc3ccc(C)cc3c2=O)cc1. The number of nitrogens with zero attached hydrogens (tertiary/aromatic N) is 2. The summed E-state index contributed by atoms with van der Waals surface area (Å²) < 4.78 is 7.46. The van der Waals surface area contributed by atoms with Gasteiger partial charge in [0.2, 0.25) is 0 Å². The minimum Gasteiger partial charge on any atom is -0.497 e. The third-order valence-electron chi connectivity index (χ3n) is 3.15. The number of methoxy groups -OCH3 is 1. The van der Waals surface area contributed by atoms with Crippen LogP contribution in [-0.4, -0.2) is 17.4 Å². The minimum atomic E-state index is -0.0801. The zero-order valence-corrected chi connectivity index (χ0v) is 12.6. The van der Waals surface area contributed by atoms with Gasteiger partial charge in [0.15, 0.2) is 0 Å². The molecule has 2 aromatic carbocycles. The van der Waals surface area contributed by atoms with Gasteiger partial charge >= 0.3 is 0 Å². The lowest BCUT2D eigenvalue weighted by molar-refractivity contribution is 0.415. The summed E-state index contributed by atoms with van der Waals surface area (Å²) in [6, 6.07) is 13.4. The van der Waals surface area contributed by atoms with Crippen molar-refractivity contribution in [3.05, 3.63) is 63.9 Å². The first kappa shape index (κ1) is 13.6. The molecule has 5 heteroatoms. The second kappa shape index (κ2) is 5.54. The highest BCUT2D eigenvalue weighted by atomic mass is 32.1. The van der Waals surface area contributed by atoms with Crippen LogP contribution in [-0.2, 0) is 0 Å². The first-order chi connectivity index (χ1) is 10.2. The van der Waals surface area contributed by atoms with Crippen LogP contribution in [0.4, 0.5) is 0 Å². The first-order valence-corrected chi connectivity index (χ1v) is 7.26. The third-order valence-corrected chi connectivity index (χ3v) is 4.14. The van der Waals surface area contributed by atoms with Crippen LogP contribution < -0.4 is 10.3 Å². The van der Waals surface area contributed by atoms with E-state index in [2.05, 4.69) is 5.10 Å². The average Bonchev–Trinajstić information content (AvgIpc) is 2.82. The predicted molar refractivity (Wildman–Crippen MR) is 86.8 cm³/mol. The molecule has 4 nitrogen and oxygen atoms in total. The minimum absolute atomic E-state index is 0.0801. The molecule has 0 radical (unpaired) electrons. The van der Waals surface area contributed by atoms with Gasteiger partial charge in [-0.3, -0.25) is 4.79 Å². The lowest BCUT2D eigenvalue weighted by Crippen LogP contribution is -2.08. The van der Waals surface area contributed by atoms with E-state index in [0.717, 1.165) is 21.6 Å². The van der Waals surface area contributed by atoms with Gasteiger partial charge in [0.05, 0.1) is 23.4 Å². The largest absolute Gasteiger partial charge is 0.497 e. The smallest absolute Gasteiger partial charge is 0.289 e. The van der Waals surface area contributed by atoms with Crippen molar-refractivity contribution < 1.29 is 4.74 Å². The van der Waals surface area contributed by atoms with Crippen LogP contribution in [0.25, 0.3) is 10.1 Å². The summed E-state index contributed by atoms with van der Waals surface area (Å²) in [5, 5.41) is 4.97. The highest BCUT2D eigenvalue weighted by Gasteiger charge is 2.06. The summed E-state index contributed by atoms with van der Waals surface area (Å²) in [6.45, 7) is 1.97. The summed E-state index contributed by atoms with van der Waals surface area (Å²) in [4.78, 5) is 12.2. The van der Waals surface area contributed by atoms with Crippen molar-refractivity contribution in [2.24, 2.45) is 5.10 Å². The Morgan fingerprint density at radius 3 is 2.67 bits per heavy atom. The zero-order chi connectivity index (χ0) is 14.8. The molecule has 21 heavy (non-hydrogen) atoms. The Hall–Kier alpha value is -2.40. The van der Waals surface area contributed by atoms with Gasteiger partial charge in [-0.05, 0) is 60.4 Å². The molecule has 0 aliphatic carbocycles. The monoisotopic (exact) mass is 298 g/mol. The Morgan fingerprint density at radius 2 is 1.95 bits per heavy atom. The van der Waals surface area contributed by atoms with Crippen LogP contribution in [0.3, 0.4) is 0 Å². The van der Waals surface area contributed by atoms with E-state index in [1.807, 2.05) is 49.4 Å². The molecule has 0 unspecified atom stereocenters. The van der Waals surface area contributed by atoms with Crippen molar-refractivity contribution in [1.82, 2.24) is 4.07 Å². The molecule has 0 fully saturated rings. The topological polar surface area (TPSA) is 43.6 Å². The van der Waals surface area contributed by atoms with Gasteiger partial charge in [0.1, 0.15) is 5.75 Å². The van der Waals surface area contributed by atoms with E-state index in [-0.39, 0.29) is 5.56 Å². The maximum atomic E-state index is 12.2. The number of hydrogen-bond acceptors (Lipinski definition) is 4. The summed E-state index contributed by atoms with van der Waals surface area (Å²) in [6.07, 6.45) is 1.67. The molecule has 0 bridgehead atoms. The van der Waals surface area contributed by atoms with Gasteiger partial charge in [-0.1, -0.05) is 11.6 Å². The molecule has 1 heterocycles. The molecule has 0 saturated carbocycles. The Balaban J connectivity index is 1.95. The fourth-order valence-corrected chi connectivity index (χ4v) is 2.85. The van der Waals surface area contributed by atoms with Crippen LogP contribution in [0.2, 0.25) is 0 Å². The molecular formula is C16H14N2O2S. The summed E-state index contributed by atoms with van der Waals surface area (Å²) in [7, 11) is 1.63. The fourth-order valence-electron chi connectivity index (χ4n) is 2.01. The molecule has 3 rings (SSSR count). The Bertz CT molecular complexity index is 860. The second-order valence-corrected chi connectivity index (χ2v) is 5.65. The molecule has 3 aromatic rings. The van der Waals surface area contributed by atoms with Gasteiger partial charge in [0.25, 0.3) is 5.56 Å². The summed E-state index contributed by atoms with van der Waals surface area (Å²) in [5.74, 6) is 0.793. The van der Waals surface area contributed by atoms with Crippen molar-refractivity contribution in [1.29, 1.82) is 0 Å². The molecule has 106 valence electrons. The highest BCUT2D eigenvalue weighted by Crippen LogP contribution is 2.18. The summed E-state index contributed by atoms with van der Waals surface area (Å²) in [5.41, 5.74) is 1.91. The number of fused-ring (bicyclic) bond motifs is 1. The Morgan fingerprint density at radius 1 is 1.19 bits per heavy atom. The normalized spacial score (nSPS) is 11.3. The van der Waals surface area contributed by atoms with Gasteiger partial charge in [-0.2, -0.15) is 5.10 Å². The second-order valence-electron chi connectivity index (χ2n) is 4.69. The van der Waals surface area contributed by atoms with Crippen LogP contribution in [0.15, 0.2) is 52.4 Å². The van der Waals surface area contributed by atoms with Crippen LogP contribution in [0.5, 0.6) is 5.75 Å².